The number of hydrogen-bond donors (Lipinski definition) is 3. The molecular formula is C9H9NO7S. The molecule has 0 aromatic heterocycles. The van der Waals surface area contributed by atoms with Crippen LogP contribution in [0.2, 0.25) is 0 Å². The summed E-state index contributed by atoms with van der Waals surface area (Å²) >= 11 is 0. The third-order valence-electron chi connectivity index (χ3n) is 1.74. The normalized spacial score (nSPS) is 10.7. The minimum Gasteiger partial charge on any atom is -0.507 e. The fourth-order valence-electron chi connectivity index (χ4n) is 1.06. The summed E-state index contributed by atoms with van der Waals surface area (Å²) < 4.78 is 32.1. The number of aromatic hydroxyl groups is 1. The Hall–Kier alpha value is -2.13. The van der Waals surface area contributed by atoms with Gasteiger partial charge in [0, 0.05) is 0 Å². The second-order valence-electron chi connectivity index (χ2n) is 3.08. The van der Waals surface area contributed by atoms with Crippen molar-refractivity contribution in [2.75, 3.05) is 6.54 Å². The molecule has 0 spiro atoms. The van der Waals surface area contributed by atoms with Crippen LogP contribution in [0.15, 0.2) is 24.3 Å². The van der Waals surface area contributed by atoms with E-state index in [1.807, 2.05) is 5.32 Å². The number of hydrogen-bond acceptors (Lipinski definition) is 6. The first-order valence-electron chi connectivity index (χ1n) is 4.55. The van der Waals surface area contributed by atoms with Crippen LogP contribution in [-0.4, -0.2) is 36.5 Å². The maximum Gasteiger partial charge on any atom is 0.449 e. The third-order valence-corrected chi connectivity index (χ3v) is 2.14. The maximum absolute atomic E-state index is 11.4. The number of amides is 1. The van der Waals surface area contributed by atoms with Crippen molar-refractivity contribution in [3.05, 3.63) is 29.8 Å². The van der Waals surface area contributed by atoms with Crippen LogP contribution in [0, 0.1) is 0 Å². The molecule has 1 aromatic rings. The maximum atomic E-state index is 11.4. The SMILES string of the molecule is O=C(CNC(=O)c1ccccc1O)OS(=O)(=O)O. The Bertz CT molecular complexity index is 566. The molecule has 9 heteroatoms. The zero-order valence-corrected chi connectivity index (χ0v) is 9.68. The minimum absolute atomic E-state index is 0.0860. The minimum atomic E-state index is -4.89. The molecule has 0 atom stereocenters. The lowest BCUT2D eigenvalue weighted by Gasteiger charge is -2.05. The molecular weight excluding hydrogens is 266 g/mol. The van der Waals surface area contributed by atoms with E-state index in [1.54, 1.807) is 0 Å². The molecule has 18 heavy (non-hydrogen) atoms. The van der Waals surface area contributed by atoms with Crippen LogP contribution in [0.25, 0.3) is 0 Å². The fraction of sp³-hybridized carbons (Fsp3) is 0.111. The molecule has 0 unspecified atom stereocenters. The molecule has 0 radical (unpaired) electrons. The van der Waals surface area contributed by atoms with Crippen LogP contribution in [0.5, 0.6) is 5.75 Å². The lowest BCUT2D eigenvalue weighted by atomic mass is 10.2. The summed E-state index contributed by atoms with van der Waals surface area (Å²) in [6.45, 7) is -0.771. The van der Waals surface area contributed by atoms with Crippen LogP contribution in [0.1, 0.15) is 10.4 Å². The predicted octanol–water partition coefficient (Wildman–Crippen LogP) is -0.532. The molecule has 1 rings (SSSR count). The topological polar surface area (TPSA) is 130 Å². The van der Waals surface area contributed by atoms with Gasteiger partial charge in [0.1, 0.15) is 12.3 Å². The van der Waals surface area contributed by atoms with E-state index in [-0.39, 0.29) is 11.3 Å². The zero-order chi connectivity index (χ0) is 13.8. The Kier molecular flexibility index (Phi) is 4.23. The number of nitrogens with one attached hydrogen (secondary N) is 1. The van der Waals surface area contributed by atoms with Gasteiger partial charge in [-0.2, -0.15) is 8.42 Å². The molecule has 0 saturated heterocycles. The third kappa shape index (κ3) is 4.39. The summed E-state index contributed by atoms with van der Waals surface area (Å²) in [5.41, 5.74) is -0.0860. The molecule has 98 valence electrons. The average Bonchev–Trinajstić information content (AvgIpc) is 2.24. The second-order valence-corrected chi connectivity index (χ2v) is 4.11. The highest BCUT2D eigenvalue weighted by Gasteiger charge is 2.16. The van der Waals surface area contributed by atoms with Crippen LogP contribution in [-0.2, 0) is 19.4 Å². The second kappa shape index (κ2) is 5.47. The van der Waals surface area contributed by atoms with Crippen molar-refractivity contribution < 1.29 is 31.8 Å². The molecule has 0 aliphatic rings. The summed E-state index contributed by atoms with van der Waals surface area (Å²) in [7, 11) is -4.89. The van der Waals surface area contributed by atoms with Gasteiger partial charge in [0.25, 0.3) is 5.91 Å². The molecule has 1 aromatic carbocycles. The first-order chi connectivity index (χ1) is 8.29. The number of carbonyl (C=O) groups excluding carboxylic acids is 2. The van der Waals surface area contributed by atoms with Crippen LogP contribution >= 0.6 is 0 Å². The van der Waals surface area contributed by atoms with Crippen molar-refractivity contribution in [1.82, 2.24) is 5.32 Å². The van der Waals surface area contributed by atoms with Crippen LogP contribution < -0.4 is 5.32 Å². The summed E-state index contributed by atoms with van der Waals surface area (Å²) in [6.07, 6.45) is 0. The van der Waals surface area contributed by atoms with E-state index < -0.39 is 28.8 Å². The molecule has 0 fully saturated rings. The molecule has 0 bridgehead atoms. The van der Waals surface area contributed by atoms with Gasteiger partial charge in [0.2, 0.25) is 0 Å². The van der Waals surface area contributed by atoms with Crippen LogP contribution in [0.4, 0.5) is 0 Å². The highest BCUT2D eigenvalue weighted by atomic mass is 32.3. The number of rotatable bonds is 4. The van der Waals surface area contributed by atoms with E-state index in [0.717, 1.165) is 0 Å². The van der Waals surface area contributed by atoms with Crippen molar-refractivity contribution in [2.45, 2.75) is 0 Å². The highest BCUT2D eigenvalue weighted by Crippen LogP contribution is 2.14. The van der Waals surface area contributed by atoms with E-state index in [2.05, 4.69) is 4.18 Å². The number of phenolic OH excluding ortho intramolecular Hbond substituents is 1. The number of benzene rings is 1. The van der Waals surface area contributed by atoms with Gasteiger partial charge in [-0.25, -0.2) is 4.79 Å². The summed E-state index contributed by atoms with van der Waals surface area (Å²) in [4.78, 5) is 22.3. The number of para-hydroxylation sites is 1. The van der Waals surface area contributed by atoms with Gasteiger partial charge in [-0.3, -0.25) is 9.35 Å². The highest BCUT2D eigenvalue weighted by molar-refractivity contribution is 7.81. The molecule has 3 N–H and O–H groups in total. The van der Waals surface area contributed by atoms with E-state index in [4.69, 9.17) is 4.55 Å². The standard InChI is InChI=1S/C9H9NO7S/c11-7-4-2-1-3-6(7)9(13)10-5-8(12)17-18(14,15)16/h1-4,11H,5H2,(H,10,13)(H,14,15,16). The molecule has 0 aliphatic heterocycles. The van der Waals surface area contributed by atoms with E-state index in [0.29, 0.717) is 0 Å². The Morgan fingerprint density at radius 1 is 1.28 bits per heavy atom. The van der Waals surface area contributed by atoms with Crippen molar-refractivity contribution in [3.63, 3.8) is 0 Å². The van der Waals surface area contributed by atoms with Gasteiger partial charge < -0.3 is 14.6 Å². The predicted molar refractivity (Wildman–Crippen MR) is 58.1 cm³/mol. The largest absolute Gasteiger partial charge is 0.507 e. The van der Waals surface area contributed by atoms with Gasteiger partial charge in [0.05, 0.1) is 5.56 Å². The van der Waals surface area contributed by atoms with Gasteiger partial charge in [-0.1, -0.05) is 12.1 Å². The van der Waals surface area contributed by atoms with E-state index >= 15 is 0 Å². The smallest absolute Gasteiger partial charge is 0.449 e. The van der Waals surface area contributed by atoms with Gasteiger partial charge in [-0.05, 0) is 12.1 Å². The average molecular weight is 275 g/mol. The van der Waals surface area contributed by atoms with Crippen molar-refractivity contribution >= 4 is 22.3 Å². The first-order valence-corrected chi connectivity index (χ1v) is 5.92. The first kappa shape index (κ1) is 13.9. The Labute approximate surface area is 102 Å². The summed E-state index contributed by atoms with van der Waals surface area (Å²) in [5, 5.41) is 11.3. The molecule has 0 saturated carbocycles. The summed E-state index contributed by atoms with van der Waals surface area (Å²) in [6, 6.07) is 5.56. The Balaban J connectivity index is 2.58. The van der Waals surface area contributed by atoms with Gasteiger partial charge in [0.15, 0.2) is 0 Å². The quantitative estimate of drug-likeness (QED) is 0.629. The van der Waals surface area contributed by atoms with Crippen molar-refractivity contribution in [1.29, 1.82) is 0 Å². The summed E-state index contributed by atoms with van der Waals surface area (Å²) in [5.74, 6) is -2.44. The Morgan fingerprint density at radius 3 is 2.44 bits per heavy atom. The van der Waals surface area contributed by atoms with E-state index in [1.165, 1.54) is 24.3 Å². The number of phenols is 1. The van der Waals surface area contributed by atoms with Crippen molar-refractivity contribution in [3.8, 4) is 5.75 Å². The molecule has 8 nitrogen and oxygen atoms in total. The Morgan fingerprint density at radius 2 is 1.89 bits per heavy atom. The van der Waals surface area contributed by atoms with Gasteiger partial charge in [-0.15, -0.1) is 0 Å². The fourth-order valence-corrected chi connectivity index (χ4v) is 1.35. The van der Waals surface area contributed by atoms with Crippen LogP contribution in [0.3, 0.4) is 0 Å². The lowest BCUT2D eigenvalue weighted by Crippen LogP contribution is -2.31. The molecule has 1 amide bonds. The van der Waals surface area contributed by atoms with E-state index in [9.17, 15) is 23.1 Å². The zero-order valence-electron chi connectivity index (χ0n) is 8.86. The monoisotopic (exact) mass is 275 g/mol. The molecule has 0 aliphatic carbocycles. The van der Waals surface area contributed by atoms with Crippen molar-refractivity contribution in [2.24, 2.45) is 0 Å². The lowest BCUT2D eigenvalue weighted by molar-refractivity contribution is -0.133. The molecule has 0 heterocycles. The van der Waals surface area contributed by atoms with Gasteiger partial charge >= 0.3 is 16.4 Å². The number of carbonyl (C=O) groups is 2.